The minimum atomic E-state index is 0.349. The largest absolute Gasteiger partial charge is 0.370 e. The molecule has 1 aromatic heterocycles. The van der Waals surface area contributed by atoms with Crippen LogP contribution in [0.5, 0.6) is 0 Å². The number of nitrogens with two attached hydrogens (primary N) is 1. The Labute approximate surface area is 96.0 Å². The first-order valence-electron chi connectivity index (χ1n) is 6.03. The van der Waals surface area contributed by atoms with E-state index in [1.807, 2.05) is 4.68 Å². The molecule has 1 heterocycles. The highest BCUT2D eigenvalue weighted by Gasteiger charge is 2.19. The third-order valence-electron chi connectivity index (χ3n) is 3.16. The second-order valence-corrected chi connectivity index (χ2v) is 4.34. The van der Waals surface area contributed by atoms with E-state index in [1.54, 1.807) is 6.33 Å². The molecule has 2 N–H and O–H groups in total. The van der Waals surface area contributed by atoms with E-state index in [0.29, 0.717) is 18.8 Å². The Bertz CT molecular complexity index is 318. The highest BCUT2D eigenvalue weighted by Crippen LogP contribution is 2.20. The summed E-state index contributed by atoms with van der Waals surface area (Å²) in [7, 11) is 0. The zero-order chi connectivity index (χ0) is 11.4. The smallest absolute Gasteiger partial charge is 0.152 e. The zero-order valence-corrected chi connectivity index (χ0v) is 9.80. The summed E-state index contributed by atoms with van der Waals surface area (Å²) in [5.74, 6) is 0.914. The fourth-order valence-electron chi connectivity index (χ4n) is 2.11. The lowest BCUT2D eigenvalue weighted by atomic mass is 9.94. The Morgan fingerprint density at radius 3 is 2.88 bits per heavy atom. The first-order valence-corrected chi connectivity index (χ1v) is 6.03. The van der Waals surface area contributed by atoms with E-state index >= 15 is 0 Å². The van der Waals surface area contributed by atoms with Gasteiger partial charge in [-0.2, -0.15) is 5.10 Å². The van der Waals surface area contributed by atoms with Gasteiger partial charge in [-0.25, -0.2) is 9.67 Å². The van der Waals surface area contributed by atoms with E-state index < -0.39 is 0 Å². The van der Waals surface area contributed by atoms with E-state index in [4.69, 9.17) is 10.5 Å². The maximum Gasteiger partial charge on any atom is 0.152 e. The van der Waals surface area contributed by atoms with Gasteiger partial charge in [-0.3, -0.25) is 0 Å². The maximum atomic E-state index is 5.85. The number of aryl methyl sites for hydroxylation is 1. The Morgan fingerprint density at radius 1 is 1.44 bits per heavy atom. The van der Waals surface area contributed by atoms with Crippen molar-refractivity contribution in [1.29, 1.82) is 0 Å². The average Bonchev–Trinajstić information content (AvgIpc) is 2.76. The van der Waals surface area contributed by atoms with Crippen LogP contribution < -0.4 is 5.73 Å². The second kappa shape index (κ2) is 5.41. The number of nitrogens with zero attached hydrogens (tertiary/aromatic N) is 3. The van der Waals surface area contributed by atoms with Gasteiger partial charge in [-0.15, -0.1) is 0 Å². The standard InChI is InChI=1S/C11H20N4O/c1-2-15-11(13-8-14-15)7-16-10-5-3-9(12)4-6-10/h8-10H,2-7,12H2,1H3. The summed E-state index contributed by atoms with van der Waals surface area (Å²) < 4.78 is 7.71. The molecule has 0 unspecified atom stereocenters. The molecule has 1 aromatic rings. The fourth-order valence-corrected chi connectivity index (χ4v) is 2.11. The van der Waals surface area contributed by atoms with Crippen molar-refractivity contribution < 1.29 is 4.74 Å². The molecule has 0 amide bonds. The van der Waals surface area contributed by atoms with Gasteiger partial charge in [0, 0.05) is 12.6 Å². The molecular weight excluding hydrogens is 204 g/mol. The van der Waals surface area contributed by atoms with E-state index in [1.165, 1.54) is 0 Å². The maximum absolute atomic E-state index is 5.85. The SMILES string of the molecule is CCn1ncnc1COC1CCC(N)CC1. The van der Waals surface area contributed by atoms with Gasteiger partial charge in [0.2, 0.25) is 0 Å². The molecule has 5 heteroatoms. The van der Waals surface area contributed by atoms with Crippen molar-refractivity contribution in [2.75, 3.05) is 0 Å². The van der Waals surface area contributed by atoms with Gasteiger partial charge in [-0.05, 0) is 32.6 Å². The molecule has 2 rings (SSSR count). The fraction of sp³-hybridized carbons (Fsp3) is 0.818. The monoisotopic (exact) mass is 224 g/mol. The summed E-state index contributed by atoms with van der Waals surface area (Å²) >= 11 is 0. The lowest BCUT2D eigenvalue weighted by Gasteiger charge is -2.25. The lowest BCUT2D eigenvalue weighted by molar-refractivity contribution is 0.00897. The molecule has 0 bridgehead atoms. The van der Waals surface area contributed by atoms with Crippen molar-refractivity contribution in [2.24, 2.45) is 5.73 Å². The Hall–Kier alpha value is -0.940. The van der Waals surface area contributed by atoms with Crippen LogP contribution in [0.2, 0.25) is 0 Å². The Balaban J connectivity index is 1.79. The molecule has 0 aromatic carbocycles. The zero-order valence-electron chi connectivity index (χ0n) is 9.80. The molecule has 0 spiro atoms. The molecular formula is C11H20N4O. The minimum absolute atomic E-state index is 0.349. The van der Waals surface area contributed by atoms with Crippen molar-refractivity contribution in [3.8, 4) is 0 Å². The molecule has 1 aliphatic carbocycles. The van der Waals surface area contributed by atoms with Crippen molar-refractivity contribution in [1.82, 2.24) is 14.8 Å². The average molecular weight is 224 g/mol. The van der Waals surface area contributed by atoms with Crippen LogP contribution in [0.4, 0.5) is 0 Å². The summed E-state index contributed by atoms with van der Waals surface area (Å²) in [4.78, 5) is 4.19. The topological polar surface area (TPSA) is 66.0 Å². The number of hydrogen-bond acceptors (Lipinski definition) is 4. The van der Waals surface area contributed by atoms with Crippen LogP contribution in [0.3, 0.4) is 0 Å². The molecule has 16 heavy (non-hydrogen) atoms. The van der Waals surface area contributed by atoms with Gasteiger partial charge in [-0.1, -0.05) is 0 Å². The van der Waals surface area contributed by atoms with Gasteiger partial charge in [0.25, 0.3) is 0 Å². The van der Waals surface area contributed by atoms with Gasteiger partial charge in [0.1, 0.15) is 12.9 Å². The summed E-state index contributed by atoms with van der Waals surface area (Å²) in [6.07, 6.45) is 6.22. The van der Waals surface area contributed by atoms with Gasteiger partial charge in [0.05, 0.1) is 6.10 Å². The molecule has 1 fully saturated rings. The van der Waals surface area contributed by atoms with Crippen molar-refractivity contribution in [3.05, 3.63) is 12.2 Å². The van der Waals surface area contributed by atoms with E-state index in [-0.39, 0.29) is 0 Å². The van der Waals surface area contributed by atoms with Crippen LogP contribution in [0.15, 0.2) is 6.33 Å². The highest BCUT2D eigenvalue weighted by molar-refractivity contribution is 4.82. The van der Waals surface area contributed by atoms with Crippen LogP contribution in [0.1, 0.15) is 38.4 Å². The number of ether oxygens (including phenoxy) is 1. The molecule has 1 aliphatic rings. The summed E-state index contributed by atoms with van der Waals surface area (Å²) in [5.41, 5.74) is 5.85. The number of hydrogen-bond donors (Lipinski definition) is 1. The van der Waals surface area contributed by atoms with Crippen LogP contribution in [-0.4, -0.2) is 26.9 Å². The van der Waals surface area contributed by atoms with Crippen LogP contribution in [0, 0.1) is 0 Å². The Kier molecular flexibility index (Phi) is 3.90. The molecule has 5 nitrogen and oxygen atoms in total. The van der Waals surface area contributed by atoms with Gasteiger partial charge in [0.15, 0.2) is 5.82 Å². The molecule has 1 saturated carbocycles. The predicted octanol–water partition coefficient (Wildman–Crippen LogP) is 1.08. The lowest BCUT2D eigenvalue weighted by Crippen LogP contribution is -2.30. The highest BCUT2D eigenvalue weighted by atomic mass is 16.5. The van der Waals surface area contributed by atoms with E-state index in [9.17, 15) is 0 Å². The predicted molar refractivity (Wildman–Crippen MR) is 60.7 cm³/mol. The van der Waals surface area contributed by atoms with Crippen LogP contribution >= 0.6 is 0 Å². The summed E-state index contributed by atoms with van der Waals surface area (Å²) in [5, 5.41) is 4.12. The first-order chi connectivity index (χ1) is 7.79. The van der Waals surface area contributed by atoms with Gasteiger partial charge < -0.3 is 10.5 Å². The molecule has 0 aliphatic heterocycles. The van der Waals surface area contributed by atoms with Crippen molar-refractivity contribution in [3.63, 3.8) is 0 Å². The van der Waals surface area contributed by atoms with Gasteiger partial charge >= 0.3 is 0 Å². The second-order valence-electron chi connectivity index (χ2n) is 4.34. The minimum Gasteiger partial charge on any atom is -0.370 e. The summed E-state index contributed by atoms with van der Waals surface area (Å²) in [6, 6.07) is 0.374. The molecule has 0 atom stereocenters. The van der Waals surface area contributed by atoms with Crippen molar-refractivity contribution >= 4 is 0 Å². The third-order valence-corrected chi connectivity index (χ3v) is 3.16. The molecule has 0 radical (unpaired) electrons. The quantitative estimate of drug-likeness (QED) is 0.831. The van der Waals surface area contributed by atoms with Crippen LogP contribution in [-0.2, 0) is 17.9 Å². The number of rotatable bonds is 4. The Morgan fingerprint density at radius 2 is 2.19 bits per heavy atom. The van der Waals surface area contributed by atoms with Crippen molar-refractivity contribution in [2.45, 2.75) is 57.9 Å². The molecule has 0 saturated heterocycles. The third kappa shape index (κ3) is 2.80. The number of aromatic nitrogens is 3. The van der Waals surface area contributed by atoms with E-state index in [2.05, 4.69) is 17.0 Å². The molecule has 90 valence electrons. The summed E-state index contributed by atoms with van der Waals surface area (Å²) in [6.45, 7) is 3.46. The van der Waals surface area contributed by atoms with E-state index in [0.717, 1.165) is 38.1 Å². The normalized spacial score (nSPS) is 25.9. The van der Waals surface area contributed by atoms with Crippen LogP contribution in [0.25, 0.3) is 0 Å². The first kappa shape index (κ1) is 11.5.